The van der Waals surface area contributed by atoms with E-state index < -0.39 is 24.5 Å². The van der Waals surface area contributed by atoms with Gasteiger partial charge in [0.15, 0.2) is 18.1 Å². The van der Waals surface area contributed by atoms with Gasteiger partial charge >= 0.3 is 12.0 Å². The summed E-state index contributed by atoms with van der Waals surface area (Å²) in [7, 11) is 1.50. The van der Waals surface area contributed by atoms with Crippen molar-refractivity contribution in [2.45, 2.75) is 0 Å². The number of urea groups is 1. The molecule has 0 radical (unpaired) electrons. The zero-order valence-electron chi connectivity index (χ0n) is 13.1. The summed E-state index contributed by atoms with van der Waals surface area (Å²) in [6, 6.07) is 4.05. The number of hydrogen-bond donors (Lipinski definition) is 2. The molecule has 0 fully saturated rings. The fraction of sp³-hybridized carbons (Fsp3) is 0.188. The maximum Gasteiger partial charge on any atom is 0.331 e. The highest BCUT2D eigenvalue weighted by atomic mass is 16.5. The van der Waals surface area contributed by atoms with Crippen LogP contribution in [0.4, 0.5) is 4.79 Å². The lowest BCUT2D eigenvalue weighted by atomic mass is 10.2. The topological polar surface area (TPSA) is 117 Å². The van der Waals surface area contributed by atoms with Crippen molar-refractivity contribution in [3.63, 3.8) is 0 Å². The molecule has 0 aromatic heterocycles. The molecule has 0 spiro atoms. The van der Waals surface area contributed by atoms with E-state index in [0.717, 1.165) is 6.08 Å². The zero-order chi connectivity index (χ0) is 17.9. The third kappa shape index (κ3) is 6.65. The Balaban J connectivity index is 2.62. The first-order valence-electron chi connectivity index (χ1n) is 6.82. The highest BCUT2D eigenvalue weighted by Crippen LogP contribution is 2.28. The van der Waals surface area contributed by atoms with Crippen LogP contribution in [0.15, 0.2) is 36.9 Å². The predicted molar refractivity (Wildman–Crippen MR) is 86.4 cm³/mol. The molecule has 3 amide bonds. The Morgan fingerprint density at radius 1 is 1.29 bits per heavy atom. The van der Waals surface area contributed by atoms with Crippen LogP contribution in [0.25, 0.3) is 6.08 Å². The maximum absolute atomic E-state index is 11.5. The van der Waals surface area contributed by atoms with Crippen molar-refractivity contribution in [3.8, 4) is 11.5 Å². The summed E-state index contributed by atoms with van der Waals surface area (Å²) in [5.41, 5.74) is 5.41. The normalized spacial score (nSPS) is 10.0. The van der Waals surface area contributed by atoms with Crippen LogP contribution in [0.2, 0.25) is 0 Å². The third-order valence-corrected chi connectivity index (χ3v) is 2.56. The molecule has 8 nitrogen and oxygen atoms in total. The molecule has 128 valence electrons. The Bertz CT molecular complexity index is 654. The first kappa shape index (κ1) is 18.8. The van der Waals surface area contributed by atoms with Crippen LogP contribution in [0, 0.1) is 0 Å². The fourth-order valence-electron chi connectivity index (χ4n) is 1.58. The van der Waals surface area contributed by atoms with Crippen LogP contribution in [-0.2, 0) is 14.3 Å². The second-order valence-corrected chi connectivity index (χ2v) is 4.36. The Morgan fingerprint density at radius 2 is 2.04 bits per heavy atom. The van der Waals surface area contributed by atoms with Gasteiger partial charge in [-0.25, -0.2) is 9.59 Å². The molecular formula is C16H18N2O6. The van der Waals surface area contributed by atoms with E-state index in [1.165, 1.54) is 13.2 Å². The van der Waals surface area contributed by atoms with Gasteiger partial charge in [-0.2, -0.15) is 0 Å². The van der Waals surface area contributed by atoms with Gasteiger partial charge in [0.25, 0.3) is 5.91 Å². The van der Waals surface area contributed by atoms with E-state index in [2.05, 4.69) is 11.3 Å². The highest BCUT2D eigenvalue weighted by Gasteiger charge is 2.07. The van der Waals surface area contributed by atoms with Gasteiger partial charge in [-0.15, -0.1) is 0 Å². The molecule has 0 unspecified atom stereocenters. The summed E-state index contributed by atoms with van der Waals surface area (Å²) < 4.78 is 15.3. The number of benzene rings is 1. The van der Waals surface area contributed by atoms with Gasteiger partial charge in [0.1, 0.15) is 6.61 Å². The average Bonchev–Trinajstić information content (AvgIpc) is 2.55. The monoisotopic (exact) mass is 334 g/mol. The number of carbonyl (C=O) groups excluding carboxylic acids is 3. The lowest BCUT2D eigenvalue weighted by molar-refractivity contribution is -0.143. The number of primary amides is 1. The van der Waals surface area contributed by atoms with Crippen molar-refractivity contribution in [3.05, 3.63) is 42.5 Å². The molecule has 3 N–H and O–H groups in total. The molecule has 0 bridgehead atoms. The fourth-order valence-corrected chi connectivity index (χ4v) is 1.58. The second kappa shape index (κ2) is 9.67. The number of hydrogen-bond acceptors (Lipinski definition) is 6. The number of carbonyl (C=O) groups is 3. The summed E-state index contributed by atoms with van der Waals surface area (Å²) in [6.45, 7) is 3.29. The number of nitrogens with one attached hydrogen (secondary N) is 1. The van der Waals surface area contributed by atoms with Gasteiger partial charge in [0, 0.05) is 6.08 Å². The largest absolute Gasteiger partial charge is 0.493 e. The van der Waals surface area contributed by atoms with Crippen LogP contribution in [-0.4, -0.2) is 38.2 Å². The number of ether oxygens (including phenoxy) is 3. The van der Waals surface area contributed by atoms with Gasteiger partial charge < -0.3 is 19.9 Å². The average molecular weight is 334 g/mol. The van der Waals surface area contributed by atoms with E-state index in [-0.39, 0.29) is 0 Å². The van der Waals surface area contributed by atoms with Crippen molar-refractivity contribution < 1.29 is 28.6 Å². The van der Waals surface area contributed by atoms with Gasteiger partial charge in [-0.3, -0.25) is 10.1 Å². The van der Waals surface area contributed by atoms with Gasteiger partial charge in [0.05, 0.1) is 7.11 Å². The zero-order valence-corrected chi connectivity index (χ0v) is 13.1. The van der Waals surface area contributed by atoms with Crippen LogP contribution in [0.3, 0.4) is 0 Å². The Labute approximate surface area is 138 Å². The van der Waals surface area contributed by atoms with Gasteiger partial charge in [-0.05, 0) is 23.8 Å². The van der Waals surface area contributed by atoms with Crippen LogP contribution in [0.1, 0.15) is 5.56 Å². The van der Waals surface area contributed by atoms with E-state index in [9.17, 15) is 14.4 Å². The lowest BCUT2D eigenvalue weighted by Crippen LogP contribution is -2.37. The van der Waals surface area contributed by atoms with Crippen LogP contribution in [0.5, 0.6) is 11.5 Å². The maximum atomic E-state index is 11.5. The van der Waals surface area contributed by atoms with Crippen LogP contribution < -0.4 is 20.5 Å². The van der Waals surface area contributed by atoms with Gasteiger partial charge in [-0.1, -0.05) is 18.7 Å². The molecule has 0 saturated heterocycles. The minimum Gasteiger partial charge on any atom is -0.493 e. The van der Waals surface area contributed by atoms with E-state index >= 15 is 0 Å². The predicted octanol–water partition coefficient (Wildman–Crippen LogP) is 1.01. The van der Waals surface area contributed by atoms with E-state index in [4.69, 9.17) is 15.2 Å². The van der Waals surface area contributed by atoms with Crippen molar-refractivity contribution in [1.29, 1.82) is 0 Å². The van der Waals surface area contributed by atoms with Crippen molar-refractivity contribution in [2.75, 3.05) is 20.3 Å². The van der Waals surface area contributed by atoms with E-state index in [0.29, 0.717) is 23.7 Å². The molecular weight excluding hydrogens is 316 g/mol. The SMILES string of the molecule is C=CCOc1ccc(/C=C/C(=O)OCC(=O)NC(N)=O)cc1OC. The molecule has 0 saturated carbocycles. The molecule has 0 aliphatic heterocycles. The molecule has 0 heterocycles. The Hall–Kier alpha value is -3.29. The lowest BCUT2D eigenvalue weighted by Gasteiger charge is -2.09. The number of imide groups is 1. The number of nitrogens with two attached hydrogens (primary N) is 1. The van der Waals surface area contributed by atoms with Gasteiger partial charge in [0.2, 0.25) is 0 Å². The number of amides is 3. The number of methoxy groups -OCH3 is 1. The Kier molecular flexibility index (Phi) is 7.56. The summed E-state index contributed by atoms with van der Waals surface area (Å²) >= 11 is 0. The summed E-state index contributed by atoms with van der Waals surface area (Å²) in [4.78, 5) is 33.0. The first-order chi connectivity index (χ1) is 11.5. The first-order valence-corrected chi connectivity index (χ1v) is 6.82. The summed E-state index contributed by atoms with van der Waals surface area (Å²) in [6.07, 6.45) is 4.22. The molecule has 1 aromatic carbocycles. The highest BCUT2D eigenvalue weighted by molar-refractivity contribution is 5.95. The molecule has 0 aliphatic rings. The molecule has 8 heteroatoms. The van der Waals surface area contributed by atoms with Crippen molar-refractivity contribution >= 4 is 24.0 Å². The minimum absolute atomic E-state index is 0.339. The van der Waals surface area contributed by atoms with E-state index in [1.54, 1.807) is 29.6 Å². The van der Waals surface area contributed by atoms with Crippen molar-refractivity contribution in [1.82, 2.24) is 5.32 Å². The molecule has 1 rings (SSSR count). The second-order valence-electron chi connectivity index (χ2n) is 4.36. The molecule has 24 heavy (non-hydrogen) atoms. The van der Waals surface area contributed by atoms with Crippen LogP contribution >= 0.6 is 0 Å². The quantitative estimate of drug-likeness (QED) is 0.416. The van der Waals surface area contributed by atoms with Crippen molar-refractivity contribution in [2.24, 2.45) is 5.73 Å². The third-order valence-electron chi connectivity index (χ3n) is 2.56. The summed E-state index contributed by atoms with van der Waals surface area (Å²) in [5, 5.41) is 1.77. The standard InChI is InChI=1S/C16H18N2O6/c1-3-8-23-12-6-4-11(9-13(12)22-2)5-7-15(20)24-10-14(19)18-16(17)21/h3-7,9H,1,8,10H2,2H3,(H3,17,18,19,21)/b7-5+. The number of rotatable bonds is 8. The number of esters is 1. The van der Waals surface area contributed by atoms with E-state index in [1.807, 2.05) is 0 Å². The Morgan fingerprint density at radius 3 is 2.67 bits per heavy atom. The smallest absolute Gasteiger partial charge is 0.331 e. The molecule has 0 aliphatic carbocycles. The minimum atomic E-state index is -1.02. The summed E-state index contributed by atoms with van der Waals surface area (Å²) in [5.74, 6) is -0.524. The molecule has 1 aromatic rings. The molecule has 0 atom stereocenters.